The minimum atomic E-state index is -1.09. The van der Waals surface area contributed by atoms with Crippen molar-refractivity contribution in [2.24, 2.45) is 5.92 Å². The van der Waals surface area contributed by atoms with Crippen molar-refractivity contribution in [2.45, 2.75) is 45.6 Å². The van der Waals surface area contributed by atoms with Crippen LogP contribution in [-0.4, -0.2) is 23.0 Å². The molecule has 1 unspecified atom stereocenters. The van der Waals surface area contributed by atoms with Crippen molar-refractivity contribution < 1.29 is 23.5 Å². The highest BCUT2D eigenvalue weighted by atomic mass is 19.1. The van der Waals surface area contributed by atoms with Crippen LogP contribution in [0.5, 0.6) is 0 Å². The molecular weight excluding hydrogens is 292 g/mol. The monoisotopic (exact) mass is 313 g/mol. The Bertz CT molecular complexity index is 546. The molecule has 0 aliphatic carbocycles. The summed E-state index contributed by atoms with van der Waals surface area (Å²) in [7, 11) is 0. The third kappa shape index (κ3) is 5.42. The van der Waals surface area contributed by atoms with Gasteiger partial charge in [-0.3, -0.25) is 4.79 Å². The molecule has 122 valence electrons. The molecule has 0 heterocycles. The predicted octanol–water partition coefficient (Wildman–Crippen LogP) is 3.07. The van der Waals surface area contributed by atoms with Crippen LogP contribution < -0.4 is 5.32 Å². The second-order valence-electron chi connectivity index (χ2n) is 5.86. The van der Waals surface area contributed by atoms with E-state index in [1.807, 2.05) is 13.8 Å². The second-order valence-corrected chi connectivity index (χ2v) is 5.86. The number of nitrogens with one attached hydrogen (secondary N) is 1. The number of hydrogen-bond acceptors (Lipinski definition) is 2. The largest absolute Gasteiger partial charge is 0.480 e. The van der Waals surface area contributed by atoms with Gasteiger partial charge in [0.25, 0.3) is 0 Å². The summed E-state index contributed by atoms with van der Waals surface area (Å²) < 4.78 is 26.5. The fraction of sp³-hybridized carbons (Fsp3) is 0.500. The van der Waals surface area contributed by atoms with Gasteiger partial charge in [0.05, 0.1) is 0 Å². The van der Waals surface area contributed by atoms with Gasteiger partial charge in [0, 0.05) is 12.5 Å². The highest BCUT2D eigenvalue weighted by molar-refractivity contribution is 5.83. The number of aliphatic carboxylic acids is 1. The van der Waals surface area contributed by atoms with E-state index in [2.05, 4.69) is 5.32 Å². The van der Waals surface area contributed by atoms with E-state index in [1.54, 1.807) is 6.92 Å². The van der Waals surface area contributed by atoms with Gasteiger partial charge in [-0.15, -0.1) is 0 Å². The van der Waals surface area contributed by atoms with E-state index in [0.717, 1.165) is 12.1 Å². The molecule has 0 saturated carbocycles. The van der Waals surface area contributed by atoms with Crippen LogP contribution in [-0.2, 0) is 9.59 Å². The van der Waals surface area contributed by atoms with E-state index in [0.29, 0.717) is 6.42 Å². The number of rotatable bonds is 7. The lowest BCUT2D eigenvalue weighted by Gasteiger charge is -2.18. The van der Waals surface area contributed by atoms with E-state index in [9.17, 15) is 18.4 Å². The topological polar surface area (TPSA) is 66.4 Å². The van der Waals surface area contributed by atoms with Crippen LogP contribution in [0, 0.1) is 17.6 Å². The molecule has 2 N–H and O–H groups in total. The van der Waals surface area contributed by atoms with E-state index >= 15 is 0 Å². The molecule has 1 aromatic carbocycles. The Hall–Kier alpha value is -1.98. The third-order valence-electron chi connectivity index (χ3n) is 3.33. The summed E-state index contributed by atoms with van der Waals surface area (Å²) in [6, 6.07) is 2.23. The number of carboxylic acids is 1. The van der Waals surface area contributed by atoms with Gasteiger partial charge in [-0.2, -0.15) is 0 Å². The predicted molar refractivity (Wildman–Crippen MR) is 78.4 cm³/mol. The average Bonchev–Trinajstić information content (AvgIpc) is 2.36. The molecule has 4 nitrogen and oxygen atoms in total. The first-order valence-corrected chi connectivity index (χ1v) is 7.17. The summed E-state index contributed by atoms with van der Waals surface area (Å²) in [5.41, 5.74) is 0.229. The Kier molecular flexibility index (Phi) is 6.46. The number of halogens is 2. The SMILES string of the molecule is CC(C)C[C@@H](NC(=O)CC(C)c1ccc(F)cc1F)C(=O)O. The number of carboxylic acid groups (broad SMARTS) is 1. The van der Waals surface area contributed by atoms with Gasteiger partial charge >= 0.3 is 5.97 Å². The molecule has 0 spiro atoms. The molecule has 0 saturated heterocycles. The van der Waals surface area contributed by atoms with Gasteiger partial charge < -0.3 is 10.4 Å². The fourth-order valence-corrected chi connectivity index (χ4v) is 2.24. The van der Waals surface area contributed by atoms with Crippen LogP contribution in [0.25, 0.3) is 0 Å². The molecule has 0 radical (unpaired) electrons. The lowest BCUT2D eigenvalue weighted by Crippen LogP contribution is -2.42. The average molecular weight is 313 g/mol. The standard InChI is InChI=1S/C16H21F2NO3/c1-9(2)6-14(16(21)22)19-15(20)7-10(3)12-5-4-11(17)8-13(12)18/h4-5,8-10,14H,6-7H2,1-3H3,(H,19,20)(H,21,22)/t10?,14-/m1/s1. The summed E-state index contributed by atoms with van der Waals surface area (Å²) >= 11 is 0. The van der Waals surface area contributed by atoms with Crippen molar-refractivity contribution in [1.82, 2.24) is 5.32 Å². The lowest BCUT2D eigenvalue weighted by atomic mass is 9.96. The van der Waals surface area contributed by atoms with Crippen molar-refractivity contribution in [1.29, 1.82) is 0 Å². The molecule has 0 aliphatic heterocycles. The van der Waals surface area contributed by atoms with E-state index in [-0.39, 0.29) is 17.9 Å². The number of hydrogen-bond donors (Lipinski definition) is 2. The maximum atomic E-state index is 13.6. The summed E-state index contributed by atoms with van der Waals surface area (Å²) in [5, 5.41) is 11.5. The fourth-order valence-electron chi connectivity index (χ4n) is 2.24. The zero-order valence-electron chi connectivity index (χ0n) is 12.9. The van der Waals surface area contributed by atoms with Crippen LogP contribution in [0.4, 0.5) is 8.78 Å². The normalized spacial score (nSPS) is 13.7. The highest BCUT2D eigenvalue weighted by Crippen LogP contribution is 2.22. The Morgan fingerprint density at radius 3 is 2.36 bits per heavy atom. The van der Waals surface area contributed by atoms with Crippen LogP contribution in [0.3, 0.4) is 0 Å². The third-order valence-corrected chi connectivity index (χ3v) is 3.33. The molecule has 0 aliphatic rings. The zero-order valence-corrected chi connectivity index (χ0v) is 12.9. The molecule has 0 fully saturated rings. The Labute approximate surface area is 128 Å². The maximum absolute atomic E-state index is 13.6. The van der Waals surface area contributed by atoms with E-state index in [1.165, 1.54) is 6.07 Å². The van der Waals surface area contributed by atoms with Gasteiger partial charge in [-0.25, -0.2) is 13.6 Å². The molecule has 6 heteroatoms. The Morgan fingerprint density at radius 2 is 1.86 bits per heavy atom. The highest BCUT2D eigenvalue weighted by Gasteiger charge is 2.23. The van der Waals surface area contributed by atoms with E-state index < -0.39 is 35.5 Å². The van der Waals surface area contributed by atoms with Crippen LogP contribution in [0.15, 0.2) is 18.2 Å². The van der Waals surface area contributed by atoms with Crippen LogP contribution >= 0.6 is 0 Å². The molecule has 22 heavy (non-hydrogen) atoms. The van der Waals surface area contributed by atoms with Crippen molar-refractivity contribution in [3.05, 3.63) is 35.4 Å². The second kappa shape index (κ2) is 7.87. The zero-order chi connectivity index (χ0) is 16.9. The number of carbonyl (C=O) groups excluding carboxylic acids is 1. The Balaban J connectivity index is 2.68. The summed E-state index contributed by atoms with van der Waals surface area (Å²) in [6.45, 7) is 5.35. The molecular formula is C16H21F2NO3. The van der Waals surface area contributed by atoms with Crippen molar-refractivity contribution in [2.75, 3.05) is 0 Å². The summed E-state index contributed by atoms with van der Waals surface area (Å²) in [4.78, 5) is 23.0. The molecule has 2 atom stereocenters. The summed E-state index contributed by atoms with van der Waals surface area (Å²) in [6.07, 6.45) is 0.255. The van der Waals surface area contributed by atoms with Gasteiger partial charge in [-0.1, -0.05) is 26.8 Å². The molecule has 0 bridgehead atoms. The first kappa shape index (κ1) is 18.1. The quantitative estimate of drug-likeness (QED) is 0.813. The summed E-state index contributed by atoms with van der Waals surface area (Å²) in [5.74, 6) is -3.31. The maximum Gasteiger partial charge on any atom is 0.326 e. The smallest absolute Gasteiger partial charge is 0.326 e. The minimum absolute atomic E-state index is 0.0651. The van der Waals surface area contributed by atoms with Crippen molar-refractivity contribution in [3.8, 4) is 0 Å². The minimum Gasteiger partial charge on any atom is -0.480 e. The first-order chi connectivity index (χ1) is 10.2. The number of benzene rings is 1. The van der Waals surface area contributed by atoms with Crippen LogP contribution in [0.1, 0.15) is 45.1 Å². The van der Waals surface area contributed by atoms with Gasteiger partial charge in [0.1, 0.15) is 17.7 Å². The molecule has 1 amide bonds. The Morgan fingerprint density at radius 1 is 1.23 bits per heavy atom. The van der Waals surface area contributed by atoms with Crippen molar-refractivity contribution >= 4 is 11.9 Å². The van der Waals surface area contributed by atoms with Gasteiger partial charge in [-0.05, 0) is 29.9 Å². The van der Waals surface area contributed by atoms with Gasteiger partial charge in [0.15, 0.2) is 0 Å². The van der Waals surface area contributed by atoms with Gasteiger partial charge in [0.2, 0.25) is 5.91 Å². The lowest BCUT2D eigenvalue weighted by molar-refractivity contribution is -0.142. The first-order valence-electron chi connectivity index (χ1n) is 7.17. The number of carbonyl (C=O) groups is 2. The molecule has 1 aromatic rings. The van der Waals surface area contributed by atoms with Crippen LogP contribution in [0.2, 0.25) is 0 Å². The molecule has 1 rings (SSSR count). The van der Waals surface area contributed by atoms with Crippen molar-refractivity contribution in [3.63, 3.8) is 0 Å². The van der Waals surface area contributed by atoms with E-state index in [4.69, 9.17) is 5.11 Å². The molecule has 0 aromatic heterocycles. The number of amides is 1.